The second-order valence-electron chi connectivity index (χ2n) is 4.03. The average Bonchev–Trinajstić information content (AvgIpc) is 2.77. The maximum Gasteiger partial charge on any atom is 0.115 e. The van der Waals surface area contributed by atoms with Crippen LogP contribution in [-0.4, -0.2) is 20.4 Å². The van der Waals surface area contributed by atoms with E-state index in [9.17, 15) is 0 Å². The molecule has 3 rings (SSSR count). The van der Waals surface area contributed by atoms with Gasteiger partial charge in [-0.15, -0.1) is 24.3 Å². The number of hydrogen-bond acceptors (Lipinski definition) is 4. The molecule has 0 fully saturated rings. The number of hydrogen-bond donors (Lipinski definition) is 4. The van der Waals surface area contributed by atoms with Gasteiger partial charge in [0.2, 0.25) is 0 Å². The molecule has 3 aromatic rings. The van der Waals surface area contributed by atoms with Gasteiger partial charge in [-0.2, -0.15) is 36.4 Å². The van der Waals surface area contributed by atoms with Crippen LogP contribution in [-0.2, 0) is 32.7 Å². The van der Waals surface area contributed by atoms with E-state index in [2.05, 4.69) is 12.1 Å². The van der Waals surface area contributed by atoms with Crippen molar-refractivity contribution in [3.05, 3.63) is 84.9 Å². The molecule has 0 saturated carbocycles. The van der Waals surface area contributed by atoms with Crippen molar-refractivity contribution >= 4 is 0 Å². The molecule has 0 bridgehead atoms. The third kappa shape index (κ3) is 26.0. The van der Waals surface area contributed by atoms with Gasteiger partial charge in [0.05, 0.1) is 0 Å². The molecule has 0 aliphatic rings. The Kier molecular flexibility index (Phi) is 33.5. The maximum absolute atomic E-state index is 8.65. The van der Waals surface area contributed by atoms with Crippen molar-refractivity contribution in [2.75, 3.05) is 0 Å². The van der Waals surface area contributed by atoms with Gasteiger partial charge in [-0.05, 0) is 24.3 Å². The molecule has 0 aromatic heterocycles. The van der Waals surface area contributed by atoms with Crippen molar-refractivity contribution in [1.82, 2.24) is 0 Å². The molecule has 159 valence electrons. The van der Waals surface area contributed by atoms with Gasteiger partial charge in [0.15, 0.2) is 0 Å². The Morgan fingerprint density at radius 3 is 0.724 bits per heavy atom. The Labute approximate surface area is 201 Å². The molecule has 29 heavy (non-hydrogen) atoms. The number of phenolic OH excluding ortho intramolecular Hbond substituents is 4. The van der Waals surface area contributed by atoms with Crippen LogP contribution in [0.1, 0.15) is 41.5 Å². The number of rotatable bonds is 0. The molecule has 0 aliphatic carbocycles. The van der Waals surface area contributed by atoms with Gasteiger partial charge >= 0.3 is 0 Å². The fraction of sp³-hybridized carbons (Fsp3) is 0.250. The van der Waals surface area contributed by atoms with E-state index in [0.29, 0.717) is 11.5 Å². The molecule has 0 atom stereocenters. The Hall–Kier alpha value is -2.04. The summed E-state index contributed by atoms with van der Waals surface area (Å²) in [5.41, 5.74) is 0. The normalized spacial score (nSPS) is 7.24. The minimum Gasteiger partial charge on any atom is -0.533 e. The standard InChI is InChI=1S/C6H6O2.2C6H5O.3C2H6.Y/c7-5-1-2-6(8)4-3-5;2*7-6-4-2-1-3-5-6;3*1-2;/h1-4,7-8H;2*2-5,7H;3*1-2H3;/q;2*-1;;;;. The van der Waals surface area contributed by atoms with Crippen LogP contribution in [0.25, 0.3) is 0 Å². The molecule has 5 heteroatoms. The van der Waals surface area contributed by atoms with Crippen LogP contribution in [0.15, 0.2) is 72.8 Å². The second kappa shape index (κ2) is 28.2. The summed E-state index contributed by atoms with van der Waals surface area (Å²) in [5, 5.41) is 34.5. The van der Waals surface area contributed by atoms with Gasteiger partial charge in [-0.3, -0.25) is 0 Å². The molecule has 3 aromatic carbocycles. The predicted octanol–water partition coefficient (Wildman–Crippen LogP) is 6.56. The number of phenols is 4. The van der Waals surface area contributed by atoms with Crippen LogP contribution >= 0.6 is 0 Å². The largest absolute Gasteiger partial charge is 0.533 e. The fourth-order valence-electron chi connectivity index (χ4n) is 1.21. The van der Waals surface area contributed by atoms with Crippen molar-refractivity contribution in [2.45, 2.75) is 41.5 Å². The van der Waals surface area contributed by atoms with Crippen LogP contribution in [0.3, 0.4) is 0 Å². The molecule has 0 aliphatic heterocycles. The van der Waals surface area contributed by atoms with E-state index in [0.717, 1.165) is 0 Å². The quantitative estimate of drug-likeness (QED) is 0.219. The smallest absolute Gasteiger partial charge is 0.115 e. The predicted molar refractivity (Wildman–Crippen MR) is 118 cm³/mol. The molecular weight excluding hydrogens is 441 g/mol. The Morgan fingerprint density at radius 2 is 0.586 bits per heavy atom. The topological polar surface area (TPSA) is 80.9 Å². The zero-order valence-electron chi connectivity index (χ0n) is 18.3. The van der Waals surface area contributed by atoms with E-state index in [1.807, 2.05) is 41.5 Å². The van der Waals surface area contributed by atoms with Crippen LogP contribution in [0.5, 0.6) is 23.0 Å². The van der Waals surface area contributed by atoms with Crippen LogP contribution in [0, 0.1) is 12.1 Å². The van der Waals surface area contributed by atoms with E-state index >= 15 is 0 Å². The summed E-state index contributed by atoms with van der Waals surface area (Å²) in [4.78, 5) is 0. The first-order valence-corrected chi connectivity index (χ1v) is 9.36. The number of benzene rings is 3. The molecule has 4 nitrogen and oxygen atoms in total. The van der Waals surface area contributed by atoms with Gasteiger partial charge in [0.25, 0.3) is 0 Å². The summed E-state index contributed by atoms with van der Waals surface area (Å²) < 4.78 is 0. The van der Waals surface area contributed by atoms with Crippen LogP contribution < -0.4 is 0 Å². The van der Waals surface area contributed by atoms with Crippen molar-refractivity contribution in [2.24, 2.45) is 0 Å². The molecule has 0 amide bonds. The molecule has 0 unspecified atom stereocenters. The van der Waals surface area contributed by atoms with Crippen LogP contribution in [0.2, 0.25) is 0 Å². The first-order chi connectivity index (χ1) is 13.6. The summed E-state index contributed by atoms with van der Waals surface area (Å²) in [5.74, 6) is 0.920. The first-order valence-electron chi connectivity index (χ1n) is 9.36. The van der Waals surface area contributed by atoms with Crippen molar-refractivity contribution < 1.29 is 53.1 Å². The van der Waals surface area contributed by atoms with E-state index in [-0.39, 0.29) is 44.2 Å². The minimum atomic E-state index is 0. The summed E-state index contributed by atoms with van der Waals surface area (Å²) >= 11 is 0. The summed E-state index contributed by atoms with van der Waals surface area (Å²) in [6.07, 6.45) is 0. The Bertz CT molecular complexity index is 572. The SMILES string of the molecule is CC.CC.CC.Oc1cc[c-]cc1.Oc1cc[c-]cc1.Oc1ccc(O)cc1.[Y]. The van der Waals surface area contributed by atoms with Gasteiger partial charge in [-0.1, -0.05) is 41.5 Å². The van der Waals surface area contributed by atoms with E-state index in [1.165, 1.54) is 24.3 Å². The van der Waals surface area contributed by atoms with Crippen molar-refractivity contribution in [3.8, 4) is 23.0 Å². The zero-order valence-corrected chi connectivity index (χ0v) is 21.1. The Morgan fingerprint density at radius 1 is 0.414 bits per heavy atom. The summed E-state index contributed by atoms with van der Waals surface area (Å²) in [7, 11) is 0. The van der Waals surface area contributed by atoms with E-state index < -0.39 is 0 Å². The Balaban J connectivity index is -0.000000141. The second-order valence-corrected chi connectivity index (χ2v) is 4.03. The summed E-state index contributed by atoms with van der Waals surface area (Å²) in [6.45, 7) is 12.0. The third-order valence-corrected chi connectivity index (χ3v) is 2.25. The molecule has 0 spiro atoms. The van der Waals surface area contributed by atoms with E-state index in [4.69, 9.17) is 20.4 Å². The zero-order chi connectivity index (χ0) is 22.2. The van der Waals surface area contributed by atoms with Gasteiger partial charge in [-0.25, -0.2) is 0 Å². The van der Waals surface area contributed by atoms with Crippen LogP contribution in [0.4, 0.5) is 0 Å². The maximum atomic E-state index is 8.65. The molecule has 1 radical (unpaired) electrons. The van der Waals surface area contributed by atoms with Gasteiger partial charge in [0.1, 0.15) is 11.5 Å². The summed E-state index contributed by atoms with van der Waals surface area (Å²) in [6, 6.07) is 24.2. The van der Waals surface area contributed by atoms with Crippen molar-refractivity contribution in [3.63, 3.8) is 0 Å². The van der Waals surface area contributed by atoms with Crippen molar-refractivity contribution in [1.29, 1.82) is 0 Å². The van der Waals surface area contributed by atoms with Gasteiger partial charge < -0.3 is 20.4 Å². The number of aromatic hydroxyl groups is 4. The first kappa shape index (κ1) is 34.5. The average molecular weight is 475 g/mol. The minimum absolute atomic E-state index is 0. The third-order valence-electron chi connectivity index (χ3n) is 2.25. The van der Waals surface area contributed by atoms with E-state index in [1.54, 1.807) is 48.5 Å². The molecule has 0 heterocycles. The molecule has 0 saturated heterocycles. The monoisotopic (exact) mass is 475 g/mol. The molecule has 4 N–H and O–H groups in total. The fourth-order valence-corrected chi connectivity index (χ4v) is 1.21. The van der Waals surface area contributed by atoms with Gasteiger partial charge in [0, 0.05) is 44.2 Å². The molecular formula is C24H34O4Y-2.